The highest BCUT2D eigenvalue weighted by Gasteiger charge is 2.46. The Bertz CT molecular complexity index is 1900. The monoisotopic (exact) mass is 1660 g/mol. The highest BCUT2D eigenvalue weighted by atomic mass is 31.2. The van der Waals surface area contributed by atoms with Gasteiger partial charge in [-0.15, -0.1) is 0 Å². The number of allylic oxidation sites excluding steroid dienone is 1. The summed E-state index contributed by atoms with van der Waals surface area (Å²) in [7, 11) is -2.67. The lowest BCUT2D eigenvalue weighted by Crippen LogP contribution is -2.41. The van der Waals surface area contributed by atoms with E-state index in [0.29, 0.717) is 30.9 Å². The summed E-state index contributed by atoms with van der Waals surface area (Å²) in [4.78, 5) is 18.4. The summed E-state index contributed by atoms with van der Waals surface area (Å²) in [5.41, 5.74) is 1.31. The fourth-order valence-corrected chi connectivity index (χ4v) is 14.7. The molecule has 0 aromatic rings. The van der Waals surface area contributed by atoms with Gasteiger partial charge in [0.25, 0.3) is 0 Å². The van der Waals surface area contributed by atoms with Gasteiger partial charge in [0, 0.05) is 31.3 Å². The minimum Gasteiger partial charge on any atom is -0.512 e. The van der Waals surface area contributed by atoms with E-state index in [0.717, 1.165) is 139 Å². The SMILES string of the molecule is C=C(O)C1(C)CCC(C)CC1.CC(C)C.CC1CC(C)C1.CC1CC2(CCC2)C1.CC1CCC(C)CC1.CC1CCC1.CC1CCCC1.CC1CCCCC1.CC1CCCCC1.CCC(C)(C)O.CCC(C)=O.CCC(C)C.CCC(C)O.CCC(O)CC.CCC1(CC)CC1.CCCC(C)C.CCCP(C)(=O)O.CC[C@@H](C)CO. The Labute approximate surface area is 728 Å². The second kappa shape index (κ2) is 82.8. The van der Waals surface area contributed by atoms with E-state index in [4.69, 9.17) is 25.3 Å². The number of hydrogen-bond donors (Lipinski definition) is 6. The summed E-state index contributed by atoms with van der Waals surface area (Å²) in [5.74, 6) is 13.9. The van der Waals surface area contributed by atoms with Gasteiger partial charge < -0.3 is 35.2 Å². The van der Waals surface area contributed by atoms with E-state index in [1.807, 2.05) is 48.5 Å². The first-order chi connectivity index (χ1) is 53.4. The zero-order valence-electron chi connectivity index (χ0n) is 85.8. The first kappa shape index (κ1) is 130. The molecule has 8 nitrogen and oxygen atoms in total. The van der Waals surface area contributed by atoms with Crippen molar-refractivity contribution in [1.82, 2.24) is 0 Å². The summed E-state index contributed by atoms with van der Waals surface area (Å²) in [5, 5.41) is 43.5. The fourth-order valence-electron chi connectivity index (χ4n) is 13.8. The van der Waals surface area contributed by atoms with E-state index in [9.17, 15) is 14.5 Å². The fraction of sp³-hybridized carbons (Fsp3) is 0.972. The van der Waals surface area contributed by atoms with Crippen molar-refractivity contribution in [3.63, 3.8) is 0 Å². The van der Waals surface area contributed by atoms with Crippen LogP contribution in [0.25, 0.3) is 0 Å². The van der Waals surface area contributed by atoms with E-state index in [1.165, 1.54) is 219 Å². The normalized spacial score (nSPS) is 23.5. The molecule has 3 atom stereocenters. The molecule has 0 radical (unpaired) electrons. The average molecular weight is 1660 g/mol. The van der Waals surface area contributed by atoms with Crippen molar-refractivity contribution < 1.29 is 39.8 Å². The molecular weight excluding hydrogens is 1430 g/mol. The molecular formula is C106H225O8P. The van der Waals surface area contributed by atoms with Gasteiger partial charge in [-0.05, 0) is 231 Å². The van der Waals surface area contributed by atoms with Crippen LogP contribution >= 0.6 is 7.37 Å². The molecule has 0 amide bonds. The minimum atomic E-state index is -2.67. The minimum absolute atomic E-state index is 0.0203. The number of aliphatic hydroxyl groups is 5. The second-order valence-electron chi connectivity index (χ2n) is 41.9. The van der Waals surface area contributed by atoms with Gasteiger partial charge >= 0.3 is 0 Å². The highest BCUT2D eigenvalue weighted by Crippen LogP contribution is 2.58. The van der Waals surface area contributed by atoms with E-state index in [1.54, 1.807) is 53.4 Å². The maximum atomic E-state index is 10.4. The Hall–Kier alpha value is -0.760. The van der Waals surface area contributed by atoms with Crippen LogP contribution in [0, 0.1) is 99.1 Å². The molecule has 702 valence electrons. The first-order valence-corrected chi connectivity index (χ1v) is 52.5. The molecule has 10 fully saturated rings. The van der Waals surface area contributed by atoms with Gasteiger partial charge in [-0.2, -0.15) is 0 Å². The van der Waals surface area contributed by atoms with Gasteiger partial charge in [0.1, 0.15) is 5.78 Å². The van der Waals surface area contributed by atoms with Gasteiger partial charge in [0.2, 0.25) is 0 Å². The Balaban J connectivity index is -0.000000177. The molecule has 0 aliphatic heterocycles. The van der Waals surface area contributed by atoms with E-state index in [2.05, 4.69) is 166 Å². The predicted molar refractivity (Wildman–Crippen MR) is 523 cm³/mol. The largest absolute Gasteiger partial charge is 0.512 e. The number of aliphatic hydroxyl groups excluding tert-OH is 4. The van der Waals surface area contributed by atoms with Gasteiger partial charge in [0.15, 0.2) is 7.37 Å². The second-order valence-corrected chi connectivity index (χ2v) is 44.4. The van der Waals surface area contributed by atoms with Crippen molar-refractivity contribution >= 4 is 13.2 Å². The number of hydrogen-bond acceptors (Lipinski definition) is 7. The summed E-state index contributed by atoms with van der Waals surface area (Å²) in [6, 6.07) is 0. The molecule has 10 aliphatic rings. The maximum absolute atomic E-state index is 10.4. The van der Waals surface area contributed by atoms with Crippen LogP contribution < -0.4 is 0 Å². The molecule has 6 N–H and O–H groups in total. The van der Waals surface area contributed by atoms with Crippen molar-refractivity contribution in [2.75, 3.05) is 19.4 Å². The van der Waals surface area contributed by atoms with E-state index >= 15 is 0 Å². The zero-order chi connectivity index (χ0) is 90.8. The molecule has 1 spiro atoms. The Morgan fingerprint density at radius 1 is 0.461 bits per heavy atom. The summed E-state index contributed by atoms with van der Waals surface area (Å²) in [6.45, 7) is 78.0. The summed E-state index contributed by atoms with van der Waals surface area (Å²) >= 11 is 0. The van der Waals surface area contributed by atoms with Crippen LogP contribution in [0.3, 0.4) is 0 Å². The number of rotatable bonds is 15. The number of carbonyl (C=O) groups is 1. The van der Waals surface area contributed by atoms with Gasteiger partial charge in [-0.3, -0.25) is 4.57 Å². The highest BCUT2D eigenvalue weighted by molar-refractivity contribution is 7.57. The number of Topliss-reactive ketones (excluding diaryl/α,β-unsaturated/α-hetero) is 1. The molecule has 0 heterocycles. The van der Waals surface area contributed by atoms with Crippen LogP contribution in [0.2, 0.25) is 0 Å². The molecule has 0 aromatic carbocycles. The van der Waals surface area contributed by atoms with E-state index in [-0.39, 0.29) is 23.4 Å². The third kappa shape index (κ3) is 102. The zero-order valence-corrected chi connectivity index (χ0v) is 86.7. The molecule has 0 aromatic heterocycles. The molecule has 2 unspecified atom stereocenters. The average Bonchev–Trinajstić information content (AvgIpc) is 1.63. The Kier molecular flexibility index (Phi) is 93.5. The van der Waals surface area contributed by atoms with Crippen LogP contribution in [0.4, 0.5) is 0 Å². The van der Waals surface area contributed by atoms with Crippen LogP contribution in [0.1, 0.15) is 531 Å². The Morgan fingerprint density at radius 3 is 0.843 bits per heavy atom. The lowest BCUT2D eigenvalue weighted by atomic mass is 9.52. The van der Waals surface area contributed by atoms with Gasteiger partial charge in [0.05, 0.1) is 23.6 Å². The molecule has 10 aliphatic carbocycles. The first-order valence-electron chi connectivity index (χ1n) is 50.2. The molecule has 0 saturated heterocycles. The lowest BCUT2D eigenvalue weighted by Gasteiger charge is -2.53. The van der Waals surface area contributed by atoms with Crippen molar-refractivity contribution in [3.8, 4) is 0 Å². The van der Waals surface area contributed by atoms with Crippen molar-refractivity contribution in [3.05, 3.63) is 12.3 Å². The number of ketones is 1. The predicted octanol–water partition coefficient (Wildman–Crippen LogP) is 35.1. The molecule has 10 saturated carbocycles. The van der Waals surface area contributed by atoms with Crippen molar-refractivity contribution in [2.45, 2.75) is 549 Å². The van der Waals surface area contributed by atoms with Gasteiger partial charge in [-0.1, -0.05) is 394 Å². The van der Waals surface area contributed by atoms with Gasteiger partial charge in [-0.25, -0.2) is 0 Å². The maximum Gasteiger partial charge on any atom is 0.197 e. The third-order valence-corrected chi connectivity index (χ3v) is 26.8. The van der Waals surface area contributed by atoms with Crippen LogP contribution in [-0.2, 0) is 9.36 Å². The summed E-state index contributed by atoms with van der Waals surface area (Å²) < 4.78 is 10.4. The molecule has 9 heteroatoms. The number of carbonyl (C=O) groups excluding carboxylic acids is 1. The lowest BCUT2D eigenvalue weighted by molar-refractivity contribution is -0.116. The Morgan fingerprint density at radius 2 is 0.765 bits per heavy atom. The van der Waals surface area contributed by atoms with Crippen molar-refractivity contribution in [2.24, 2.45) is 99.1 Å². The molecule has 10 rings (SSSR count). The van der Waals surface area contributed by atoms with E-state index < -0.39 is 13.0 Å². The smallest absolute Gasteiger partial charge is 0.197 e. The topological polar surface area (TPSA) is 156 Å². The summed E-state index contributed by atoms with van der Waals surface area (Å²) in [6.07, 6.45) is 62.6. The quantitative estimate of drug-likeness (QED) is 0.0699. The third-order valence-electron chi connectivity index (χ3n) is 25.5. The van der Waals surface area contributed by atoms with Crippen LogP contribution in [0.15, 0.2) is 12.3 Å². The van der Waals surface area contributed by atoms with Crippen LogP contribution in [-0.4, -0.2) is 73.5 Å². The molecule has 115 heavy (non-hydrogen) atoms. The van der Waals surface area contributed by atoms with Crippen molar-refractivity contribution in [1.29, 1.82) is 0 Å². The standard InChI is InChI=1S/C10H18O.C8H14.C8H16.3C7H14.2C6H12.C6H14.3C5H12O.C5H10.C5H12.C4H11O2P.C4H10O.C4H8O.C4H10/c1-8-4-6-10(3,7-5-8)9(2)11;1-7-5-8(6-7)3-2-4-8;1-7-3-5-8(2)6-4-7;2*1-7-5-3-2-4-6-7;1-3-7(4-2)5-6-7;1-5-3-6(2)4-5;1-6-4-2-3-5-6;1-4-5-6(2)3;1-4-5(2,3)6;1-3-5(2)4-6;1-3-5(6)4-2;1-5-3-2-4-5;1-4-5(2)3;1-3-4-7(2,5)6;2*1-3-4(2)5;1-4(2)3/h8,11H,2,4-7H2,1,3H3;7H,2-6H2,1H3;7-8H,3-6H2,1-2H3;2*7H,2-6H2,1H3;3-6H2,1-2H3;5-6H,3-4H2,1-2H3;6H,2-5H2,1H3;6H,4-5H2,1-3H3;6H,4H2,1-3H3;2*5-6H,3-4H2,1-2H3;5H,2-4H2,1H3;5H,4H2,1-3H3;3-4H2,1-2H3,(H,5,6);4-5H,3H2,1-2H3;3H2,1-2H3;4H,1-3H3/t;;;;;;;;;;5-;;;;;;;/m..........1......./s1. The molecule has 0 bridgehead atoms. The van der Waals surface area contributed by atoms with Crippen LogP contribution in [0.5, 0.6) is 0 Å².